The quantitative estimate of drug-likeness (QED) is 0.575. The van der Waals surface area contributed by atoms with Crippen LogP contribution in [0.15, 0.2) is 0 Å². The number of aryl methyl sites for hydroxylation is 2. The topological polar surface area (TPSA) is 33.1 Å². The number of hydrogen-bond acceptors (Lipinski definition) is 3. The van der Waals surface area contributed by atoms with Crippen LogP contribution in [0.4, 0.5) is 0 Å². The summed E-state index contributed by atoms with van der Waals surface area (Å²) >= 11 is 1.51. The molecule has 44 valence electrons. The van der Waals surface area contributed by atoms with Gasteiger partial charge >= 0.3 is 0 Å². The Morgan fingerprint density at radius 1 is 1.50 bits per heavy atom. The fraction of sp³-hybridized carbons (Fsp3) is 0.400. The summed E-state index contributed by atoms with van der Waals surface area (Å²) < 4.78 is 0. The summed E-state index contributed by atoms with van der Waals surface area (Å²) in [7, 11) is 0. The van der Waals surface area contributed by atoms with Crippen molar-refractivity contribution in [2.45, 2.75) is 13.8 Å². The maximum atomic E-state index is 8.84. The SMILES string of the molecule is Cc1nc(O)c(C)s1. The maximum Gasteiger partial charge on any atom is 0.225 e. The summed E-state index contributed by atoms with van der Waals surface area (Å²) in [5, 5.41) is 9.76. The van der Waals surface area contributed by atoms with Gasteiger partial charge in [0.15, 0.2) is 0 Å². The highest BCUT2D eigenvalue weighted by atomic mass is 32.1. The molecule has 1 aromatic heterocycles. The number of aromatic nitrogens is 1. The molecule has 0 amide bonds. The number of hydrogen-bond donors (Lipinski definition) is 1. The molecular weight excluding hydrogens is 122 g/mol. The average Bonchev–Trinajstić information content (AvgIpc) is 1.85. The minimum atomic E-state index is 0.174. The minimum absolute atomic E-state index is 0.174. The van der Waals surface area contributed by atoms with Crippen LogP contribution in [0.3, 0.4) is 0 Å². The Balaban J connectivity index is 3.14. The molecule has 0 aromatic carbocycles. The number of nitrogens with zero attached hydrogens (tertiary/aromatic N) is 1. The van der Waals surface area contributed by atoms with Crippen molar-refractivity contribution < 1.29 is 5.11 Å². The van der Waals surface area contributed by atoms with Crippen LogP contribution in [0.2, 0.25) is 0 Å². The van der Waals surface area contributed by atoms with Gasteiger partial charge in [0.25, 0.3) is 0 Å². The first kappa shape index (κ1) is 5.56. The summed E-state index contributed by atoms with van der Waals surface area (Å²) in [6.45, 7) is 3.72. The van der Waals surface area contributed by atoms with Crippen molar-refractivity contribution in [1.29, 1.82) is 0 Å². The average molecular weight is 129 g/mol. The van der Waals surface area contributed by atoms with Crippen molar-refractivity contribution in [3.05, 3.63) is 9.88 Å². The molecule has 0 saturated carbocycles. The molecule has 0 aliphatic heterocycles. The van der Waals surface area contributed by atoms with Crippen LogP contribution < -0.4 is 0 Å². The fourth-order valence-corrected chi connectivity index (χ4v) is 1.23. The van der Waals surface area contributed by atoms with E-state index in [9.17, 15) is 0 Å². The first-order chi connectivity index (χ1) is 3.70. The second kappa shape index (κ2) is 1.74. The van der Waals surface area contributed by atoms with Crippen LogP contribution in [0.25, 0.3) is 0 Å². The van der Waals surface area contributed by atoms with Crippen molar-refractivity contribution >= 4 is 11.3 Å². The molecule has 1 N–H and O–H groups in total. The molecule has 0 radical (unpaired) electrons. The Morgan fingerprint density at radius 2 is 2.12 bits per heavy atom. The van der Waals surface area contributed by atoms with Gasteiger partial charge < -0.3 is 5.11 Å². The molecule has 0 fully saturated rings. The van der Waals surface area contributed by atoms with Crippen molar-refractivity contribution in [3.8, 4) is 5.88 Å². The van der Waals surface area contributed by atoms with Gasteiger partial charge in [-0.3, -0.25) is 0 Å². The Kier molecular flexibility index (Phi) is 1.21. The number of aromatic hydroxyl groups is 1. The molecule has 0 aliphatic rings. The van der Waals surface area contributed by atoms with E-state index in [1.54, 1.807) is 0 Å². The van der Waals surface area contributed by atoms with E-state index in [1.807, 2.05) is 13.8 Å². The highest BCUT2D eigenvalue weighted by Crippen LogP contribution is 2.20. The van der Waals surface area contributed by atoms with Crippen molar-refractivity contribution in [1.82, 2.24) is 4.98 Å². The first-order valence-corrected chi connectivity index (χ1v) is 3.15. The molecule has 0 atom stereocenters. The maximum absolute atomic E-state index is 8.84. The Hall–Kier alpha value is -0.570. The van der Waals surface area contributed by atoms with E-state index in [-0.39, 0.29) is 5.88 Å². The predicted octanol–water partition coefficient (Wildman–Crippen LogP) is 1.47. The van der Waals surface area contributed by atoms with Gasteiger partial charge in [-0.2, -0.15) is 0 Å². The molecule has 0 bridgehead atoms. The monoisotopic (exact) mass is 129 g/mol. The molecule has 3 heteroatoms. The van der Waals surface area contributed by atoms with E-state index >= 15 is 0 Å². The van der Waals surface area contributed by atoms with Crippen LogP contribution in [-0.4, -0.2) is 10.1 Å². The van der Waals surface area contributed by atoms with E-state index in [0.717, 1.165) is 9.88 Å². The van der Waals surface area contributed by atoms with Crippen LogP contribution in [-0.2, 0) is 0 Å². The zero-order valence-electron chi connectivity index (χ0n) is 4.80. The third-order valence-electron chi connectivity index (χ3n) is 0.879. The van der Waals surface area contributed by atoms with Crippen LogP contribution in [0.1, 0.15) is 9.88 Å². The van der Waals surface area contributed by atoms with E-state index in [0.29, 0.717) is 0 Å². The molecule has 2 nitrogen and oxygen atoms in total. The van der Waals surface area contributed by atoms with Crippen molar-refractivity contribution in [3.63, 3.8) is 0 Å². The summed E-state index contributed by atoms with van der Waals surface area (Å²) in [6, 6.07) is 0. The van der Waals surface area contributed by atoms with E-state index in [4.69, 9.17) is 5.11 Å². The summed E-state index contributed by atoms with van der Waals surface area (Å²) in [4.78, 5) is 4.68. The Morgan fingerprint density at radius 3 is 2.25 bits per heavy atom. The van der Waals surface area contributed by atoms with Crippen LogP contribution in [0.5, 0.6) is 5.88 Å². The normalized spacial score (nSPS) is 9.75. The second-order valence-electron chi connectivity index (χ2n) is 1.61. The van der Waals surface area contributed by atoms with Gasteiger partial charge in [-0.15, -0.1) is 11.3 Å². The zero-order chi connectivity index (χ0) is 6.15. The van der Waals surface area contributed by atoms with Gasteiger partial charge in [-0.05, 0) is 13.8 Å². The lowest BCUT2D eigenvalue weighted by molar-refractivity contribution is 0.453. The van der Waals surface area contributed by atoms with Gasteiger partial charge in [-0.1, -0.05) is 0 Å². The third-order valence-corrected chi connectivity index (χ3v) is 1.75. The smallest absolute Gasteiger partial charge is 0.225 e. The lowest BCUT2D eigenvalue weighted by Gasteiger charge is -1.77. The molecule has 1 rings (SSSR count). The lowest BCUT2D eigenvalue weighted by Crippen LogP contribution is -1.64. The van der Waals surface area contributed by atoms with Gasteiger partial charge in [0.2, 0.25) is 5.88 Å². The predicted molar refractivity (Wildman–Crippen MR) is 33.3 cm³/mol. The van der Waals surface area contributed by atoms with Gasteiger partial charge in [0.1, 0.15) is 0 Å². The first-order valence-electron chi connectivity index (χ1n) is 2.33. The van der Waals surface area contributed by atoms with Crippen molar-refractivity contribution in [2.24, 2.45) is 0 Å². The summed E-state index contributed by atoms with van der Waals surface area (Å²) in [6.07, 6.45) is 0. The molecule has 1 heterocycles. The number of rotatable bonds is 0. The van der Waals surface area contributed by atoms with Crippen molar-refractivity contribution in [2.75, 3.05) is 0 Å². The molecule has 1 aromatic rings. The van der Waals surface area contributed by atoms with E-state index in [1.165, 1.54) is 11.3 Å². The van der Waals surface area contributed by atoms with Crippen LogP contribution >= 0.6 is 11.3 Å². The highest BCUT2D eigenvalue weighted by Gasteiger charge is 1.98. The molecule has 0 unspecified atom stereocenters. The number of thiazole rings is 1. The van der Waals surface area contributed by atoms with Gasteiger partial charge in [0, 0.05) is 0 Å². The van der Waals surface area contributed by atoms with Crippen LogP contribution in [0, 0.1) is 13.8 Å². The molecule has 8 heavy (non-hydrogen) atoms. The third kappa shape index (κ3) is 0.816. The largest absolute Gasteiger partial charge is 0.492 e. The summed E-state index contributed by atoms with van der Waals surface area (Å²) in [5.74, 6) is 0.174. The lowest BCUT2D eigenvalue weighted by atomic mass is 10.6. The highest BCUT2D eigenvalue weighted by molar-refractivity contribution is 7.11. The molecular formula is C5H7NOS. The van der Waals surface area contributed by atoms with E-state index < -0.39 is 0 Å². The van der Waals surface area contributed by atoms with Gasteiger partial charge in [-0.25, -0.2) is 4.98 Å². The molecule has 0 saturated heterocycles. The molecule has 0 aliphatic carbocycles. The molecule has 0 spiro atoms. The standard InChI is InChI=1S/C5H7NOS/c1-3-5(7)6-4(2)8-3/h7H,1-2H3. The van der Waals surface area contributed by atoms with E-state index in [2.05, 4.69) is 4.98 Å². The van der Waals surface area contributed by atoms with Gasteiger partial charge in [0.05, 0.1) is 9.88 Å². The Labute approximate surface area is 51.8 Å². The fourth-order valence-electron chi connectivity index (χ4n) is 0.518. The minimum Gasteiger partial charge on any atom is -0.492 e. The zero-order valence-corrected chi connectivity index (χ0v) is 5.62. The summed E-state index contributed by atoms with van der Waals surface area (Å²) in [5.41, 5.74) is 0. The second-order valence-corrected chi connectivity index (χ2v) is 3.02. The Bertz CT molecular complexity index is 175.